The normalized spacial score (nSPS) is 30.0. The van der Waals surface area contributed by atoms with Crippen LogP contribution in [0.15, 0.2) is 65.6 Å². The number of nitrogens with one attached hydrogen (secondary N) is 1. The van der Waals surface area contributed by atoms with Crippen LogP contribution in [-0.4, -0.2) is 50.5 Å². The van der Waals surface area contributed by atoms with Gasteiger partial charge in [0.2, 0.25) is 11.8 Å². The molecule has 7 rings (SSSR count). The molecule has 2 unspecified atom stereocenters. The Morgan fingerprint density at radius 1 is 1.07 bits per heavy atom. The number of halogens is 3. The lowest BCUT2D eigenvalue weighted by atomic mass is 9.70. The van der Waals surface area contributed by atoms with E-state index < -0.39 is 33.0 Å². The van der Waals surface area contributed by atoms with Crippen molar-refractivity contribution in [3.8, 4) is 0 Å². The van der Waals surface area contributed by atoms with Crippen LogP contribution in [0, 0.1) is 23.6 Å². The molecule has 0 aromatic heterocycles. The van der Waals surface area contributed by atoms with E-state index in [0.717, 1.165) is 12.7 Å². The van der Waals surface area contributed by atoms with Crippen molar-refractivity contribution in [2.75, 3.05) is 29.6 Å². The molecule has 0 radical (unpaired) electrons. The smallest absolute Gasteiger partial charge is 0.250 e. The molecule has 6 atom stereocenters. The minimum Gasteiger partial charge on any atom is -0.324 e. The highest BCUT2D eigenvalue weighted by atomic mass is 35.5. The van der Waals surface area contributed by atoms with Gasteiger partial charge in [0.05, 0.1) is 15.8 Å². The second-order valence-corrected chi connectivity index (χ2v) is 15.2. The molecule has 224 valence electrons. The third kappa shape index (κ3) is 4.34. The number of fused-ring (bicyclic) bond motifs is 3. The largest absolute Gasteiger partial charge is 0.324 e. The zero-order valence-electron chi connectivity index (χ0n) is 23.6. The SMILES string of the molecule is CC1CC1CN1[C@H]2CCN(c3ccc(S(C)(=O)=O)cc3)C(=O)[C@H]2[C@H](c2cccc(Cl)c2F)[C@]12C(=O)Nc1cc(Cl)ccc12. The standard InChI is InChI=1S/C32H30Cl2FN3O4S/c1-17-14-18(17)16-38-26-12-13-37(20-7-9-21(10-8-20)43(2,41)42)30(39)27(26)28(22-4-3-5-24(34)29(22)35)32(38)23-11-6-19(33)15-25(23)36-31(32)40/h3-11,15,17-18,26-28H,12-14,16H2,1-2H3,(H,36,40)/t17?,18?,26-,27+,28-,32+/m0/s1. The highest BCUT2D eigenvalue weighted by Gasteiger charge is 2.70. The topological polar surface area (TPSA) is 86.8 Å². The third-order valence-corrected chi connectivity index (χ3v) is 11.5. The van der Waals surface area contributed by atoms with Crippen molar-refractivity contribution in [1.29, 1.82) is 0 Å². The molecule has 7 nitrogen and oxygen atoms in total. The summed E-state index contributed by atoms with van der Waals surface area (Å²) in [5, 5.41) is 3.40. The van der Waals surface area contributed by atoms with Gasteiger partial charge in [0.15, 0.2) is 9.84 Å². The number of carbonyl (C=O) groups excluding carboxylic acids is 2. The monoisotopic (exact) mass is 641 g/mol. The molecule has 1 aliphatic carbocycles. The number of piperidine rings is 1. The molecule has 3 aliphatic heterocycles. The number of hydrogen-bond acceptors (Lipinski definition) is 5. The molecule has 3 heterocycles. The number of nitrogens with zero attached hydrogens (tertiary/aromatic N) is 2. The summed E-state index contributed by atoms with van der Waals surface area (Å²) in [4.78, 5) is 33.1. The van der Waals surface area contributed by atoms with Gasteiger partial charge in [-0.25, -0.2) is 12.8 Å². The number of hydrogen-bond donors (Lipinski definition) is 1. The van der Waals surface area contributed by atoms with Crippen LogP contribution < -0.4 is 10.2 Å². The van der Waals surface area contributed by atoms with Crippen molar-refractivity contribution in [3.05, 3.63) is 87.7 Å². The second kappa shape index (κ2) is 10.0. The van der Waals surface area contributed by atoms with Crippen molar-refractivity contribution in [2.45, 2.75) is 42.2 Å². The molecule has 2 saturated heterocycles. The van der Waals surface area contributed by atoms with Crippen LogP contribution in [0.1, 0.15) is 36.8 Å². The van der Waals surface area contributed by atoms with Crippen LogP contribution in [0.5, 0.6) is 0 Å². The van der Waals surface area contributed by atoms with Crippen LogP contribution in [0.4, 0.5) is 15.8 Å². The first kappa shape index (κ1) is 28.8. The fourth-order valence-electron chi connectivity index (χ4n) is 7.69. The number of carbonyl (C=O) groups is 2. The van der Waals surface area contributed by atoms with Crippen LogP contribution in [-0.2, 0) is 25.0 Å². The second-order valence-electron chi connectivity index (χ2n) is 12.3. The first-order chi connectivity index (χ1) is 20.4. The fraction of sp³-hybridized carbons (Fsp3) is 0.375. The molecule has 1 N–H and O–H groups in total. The first-order valence-electron chi connectivity index (χ1n) is 14.4. The number of benzene rings is 3. The van der Waals surface area contributed by atoms with E-state index >= 15 is 4.39 Å². The van der Waals surface area contributed by atoms with Gasteiger partial charge in [0.25, 0.3) is 0 Å². The van der Waals surface area contributed by atoms with Crippen molar-refractivity contribution >= 4 is 56.2 Å². The van der Waals surface area contributed by atoms with E-state index in [4.69, 9.17) is 23.2 Å². The van der Waals surface area contributed by atoms with Gasteiger partial charge in [0.1, 0.15) is 11.4 Å². The minimum atomic E-state index is -3.42. The van der Waals surface area contributed by atoms with Crippen molar-refractivity contribution in [1.82, 2.24) is 4.90 Å². The van der Waals surface area contributed by atoms with Gasteiger partial charge < -0.3 is 10.2 Å². The van der Waals surface area contributed by atoms with E-state index in [9.17, 15) is 18.0 Å². The van der Waals surface area contributed by atoms with Crippen LogP contribution in [0.2, 0.25) is 10.0 Å². The van der Waals surface area contributed by atoms with Gasteiger partial charge in [-0.2, -0.15) is 0 Å². The fourth-order valence-corrected chi connectivity index (χ4v) is 8.67. The molecule has 1 spiro atoms. The molecule has 3 aromatic carbocycles. The Morgan fingerprint density at radius 3 is 2.47 bits per heavy atom. The zero-order chi connectivity index (χ0) is 30.4. The molecule has 3 fully saturated rings. The van der Waals surface area contributed by atoms with Crippen LogP contribution in [0.25, 0.3) is 0 Å². The van der Waals surface area contributed by atoms with Gasteiger partial charge in [0, 0.05) is 53.3 Å². The summed E-state index contributed by atoms with van der Waals surface area (Å²) in [6.07, 6.45) is 2.69. The molecule has 43 heavy (non-hydrogen) atoms. The average molecular weight is 643 g/mol. The van der Waals surface area contributed by atoms with Gasteiger partial charge in [-0.15, -0.1) is 0 Å². The molecular weight excluding hydrogens is 612 g/mol. The molecule has 1 saturated carbocycles. The Balaban J connectivity index is 1.43. The van der Waals surface area contributed by atoms with E-state index in [-0.39, 0.29) is 33.3 Å². The summed E-state index contributed by atoms with van der Waals surface area (Å²) in [6, 6.07) is 15.9. The van der Waals surface area contributed by atoms with Crippen LogP contribution >= 0.6 is 23.2 Å². The zero-order valence-corrected chi connectivity index (χ0v) is 25.9. The van der Waals surface area contributed by atoms with E-state index in [1.807, 2.05) is 6.07 Å². The molecule has 2 amide bonds. The van der Waals surface area contributed by atoms with Gasteiger partial charge in [-0.05, 0) is 72.7 Å². The predicted octanol–water partition coefficient (Wildman–Crippen LogP) is 5.86. The molecule has 0 bridgehead atoms. The number of likely N-dealkylation sites (tertiary alicyclic amines) is 1. The van der Waals surface area contributed by atoms with E-state index in [1.165, 1.54) is 18.2 Å². The van der Waals surface area contributed by atoms with Crippen molar-refractivity contribution < 1.29 is 22.4 Å². The van der Waals surface area contributed by atoms with Gasteiger partial charge in [-0.3, -0.25) is 14.5 Å². The Hall–Kier alpha value is -2.98. The molecule has 11 heteroatoms. The number of rotatable bonds is 5. The van der Waals surface area contributed by atoms with Crippen molar-refractivity contribution in [2.24, 2.45) is 17.8 Å². The Morgan fingerprint density at radius 2 is 1.79 bits per heavy atom. The molecule has 4 aliphatic rings. The van der Waals surface area contributed by atoms with Gasteiger partial charge >= 0.3 is 0 Å². The number of amides is 2. The lowest BCUT2D eigenvalue weighted by Gasteiger charge is -2.40. The van der Waals surface area contributed by atoms with E-state index in [2.05, 4.69) is 17.1 Å². The number of anilines is 2. The third-order valence-electron chi connectivity index (χ3n) is 9.86. The Kier molecular flexibility index (Phi) is 6.71. The summed E-state index contributed by atoms with van der Waals surface area (Å²) in [6.45, 7) is 3.13. The average Bonchev–Trinajstić information content (AvgIpc) is 3.47. The quantitative estimate of drug-likeness (QED) is 0.377. The molecule has 3 aromatic rings. The Bertz CT molecular complexity index is 1790. The highest BCUT2D eigenvalue weighted by Crippen LogP contribution is 2.62. The summed E-state index contributed by atoms with van der Waals surface area (Å²) in [5.74, 6) is -2.04. The summed E-state index contributed by atoms with van der Waals surface area (Å²) >= 11 is 12.7. The lowest BCUT2D eigenvalue weighted by molar-refractivity contribution is -0.128. The summed E-state index contributed by atoms with van der Waals surface area (Å²) in [5.41, 5.74) is 0.625. The maximum atomic E-state index is 16.1. The summed E-state index contributed by atoms with van der Waals surface area (Å²) in [7, 11) is -3.42. The molecular formula is C32H30Cl2FN3O4S. The predicted molar refractivity (Wildman–Crippen MR) is 164 cm³/mol. The van der Waals surface area contributed by atoms with Crippen LogP contribution in [0.3, 0.4) is 0 Å². The maximum absolute atomic E-state index is 16.1. The first-order valence-corrected chi connectivity index (χ1v) is 17.0. The minimum absolute atomic E-state index is 0.0790. The van der Waals surface area contributed by atoms with Crippen molar-refractivity contribution in [3.63, 3.8) is 0 Å². The highest BCUT2D eigenvalue weighted by molar-refractivity contribution is 7.90. The lowest BCUT2D eigenvalue weighted by Crippen LogP contribution is -2.54. The maximum Gasteiger partial charge on any atom is 0.250 e. The number of sulfone groups is 1. The van der Waals surface area contributed by atoms with Gasteiger partial charge in [-0.1, -0.05) is 48.3 Å². The van der Waals surface area contributed by atoms with E-state index in [0.29, 0.717) is 53.3 Å². The van der Waals surface area contributed by atoms with E-state index in [1.54, 1.807) is 41.3 Å². The summed E-state index contributed by atoms with van der Waals surface area (Å²) < 4.78 is 40.2. The Labute approximate surface area is 259 Å².